The third-order valence-corrected chi connectivity index (χ3v) is 9.08. The van der Waals surface area contributed by atoms with Crippen molar-refractivity contribution in [3.05, 3.63) is 23.3 Å². The van der Waals surface area contributed by atoms with Crippen molar-refractivity contribution in [1.82, 2.24) is 0 Å². The smallest absolute Gasteiger partial charge is 0.302 e. The highest BCUT2D eigenvalue weighted by Crippen LogP contribution is 2.70. The first-order valence-corrected chi connectivity index (χ1v) is 13.4. The minimum Gasteiger partial charge on any atom is -0.462 e. The fourth-order valence-electron chi connectivity index (χ4n) is 8.05. The van der Waals surface area contributed by atoms with Gasteiger partial charge in [-0.15, -0.1) is 0 Å². The average Bonchev–Trinajstić information content (AvgIpc) is 3.34. The number of hydrogen-bond donors (Lipinski definition) is 1. The Morgan fingerprint density at radius 1 is 1.03 bits per heavy atom. The topological polar surface area (TPSA) is 72.8 Å². The summed E-state index contributed by atoms with van der Waals surface area (Å²) in [5.74, 6) is 0.737. The number of carbonyl (C=O) groups is 2. The number of hydrogen-bond acceptors (Lipinski definition) is 5. The maximum atomic E-state index is 11.5. The summed E-state index contributed by atoms with van der Waals surface area (Å²) >= 11 is 0. The van der Waals surface area contributed by atoms with E-state index in [-0.39, 0.29) is 24.1 Å². The van der Waals surface area contributed by atoms with E-state index in [0.717, 1.165) is 12.8 Å². The number of rotatable bonds is 6. The number of carbonyl (C=O) groups excluding carboxylic acids is 2. The van der Waals surface area contributed by atoms with Gasteiger partial charge in [-0.1, -0.05) is 30.2 Å². The zero-order valence-electron chi connectivity index (χ0n) is 21.8. The van der Waals surface area contributed by atoms with Crippen molar-refractivity contribution in [2.24, 2.45) is 22.7 Å². The summed E-state index contributed by atoms with van der Waals surface area (Å²) in [6, 6.07) is 0. The largest absolute Gasteiger partial charge is 0.462 e. The van der Waals surface area contributed by atoms with Gasteiger partial charge >= 0.3 is 11.9 Å². The summed E-state index contributed by atoms with van der Waals surface area (Å²) in [6.07, 6.45) is 15.7. The molecule has 34 heavy (non-hydrogen) atoms. The highest BCUT2D eigenvalue weighted by molar-refractivity contribution is 5.67. The molecule has 0 bridgehead atoms. The SMILES string of the molecule is CC(=O)OC1CC(=C/C=C2\CCC[C@@]3(C)C2CCC3C2(CC(C)(C)O)CC2)C[C@@H](OC(C)=O)C1. The van der Waals surface area contributed by atoms with Crippen molar-refractivity contribution < 1.29 is 24.2 Å². The molecule has 0 aromatic rings. The van der Waals surface area contributed by atoms with Crippen LogP contribution in [0.5, 0.6) is 0 Å². The van der Waals surface area contributed by atoms with E-state index in [1.54, 1.807) is 5.57 Å². The van der Waals surface area contributed by atoms with E-state index < -0.39 is 5.60 Å². The lowest BCUT2D eigenvalue weighted by molar-refractivity contribution is -0.154. The van der Waals surface area contributed by atoms with Crippen molar-refractivity contribution in [2.75, 3.05) is 0 Å². The van der Waals surface area contributed by atoms with E-state index in [1.165, 1.54) is 57.9 Å². The van der Waals surface area contributed by atoms with Gasteiger partial charge in [0.1, 0.15) is 12.2 Å². The van der Waals surface area contributed by atoms with E-state index in [0.29, 0.717) is 41.9 Å². The Kier molecular flexibility index (Phi) is 7.07. The van der Waals surface area contributed by atoms with Gasteiger partial charge in [-0.3, -0.25) is 9.59 Å². The van der Waals surface area contributed by atoms with Gasteiger partial charge in [0, 0.05) is 33.1 Å². The Hall–Kier alpha value is -1.62. The maximum Gasteiger partial charge on any atom is 0.302 e. The van der Waals surface area contributed by atoms with E-state index in [1.807, 2.05) is 13.8 Å². The Balaban J connectivity index is 1.52. The molecular formula is C29H44O5. The van der Waals surface area contributed by atoms with Gasteiger partial charge in [0.2, 0.25) is 0 Å². The average molecular weight is 473 g/mol. The maximum absolute atomic E-state index is 11.5. The molecule has 5 heteroatoms. The minimum absolute atomic E-state index is 0.232. The summed E-state index contributed by atoms with van der Waals surface area (Å²) < 4.78 is 11.0. The molecule has 5 atom stereocenters. The standard InChI is InChI=1S/C29H44O5/c1-19(30)33-23-15-21(16-24(17-23)34-20(2)31)8-9-22-7-6-12-28(5)25(22)10-11-26(28)29(13-14-29)18-27(3,4)32/h8-9,23-26,32H,6-7,10-18H2,1-5H3/b21-8?,22-9+/t23-,24?,25?,26?,28+/m1/s1. The molecule has 4 aliphatic carbocycles. The summed E-state index contributed by atoms with van der Waals surface area (Å²) in [5, 5.41) is 10.6. The first-order valence-electron chi connectivity index (χ1n) is 13.4. The van der Waals surface area contributed by atoms with Gasteiger partial charge in [0.25, 0.3) is 0 Å². The third kappa shape index (κ3) is 5.61. The summed E-state index contributed by atoms with van der Waals surface area (Å²) in [4.78, 5) is 23.1. The number of ether oxygens (including phenoxy) is 2. The van der Waals surface area contributed by atoms with E-state index in [4.69, 9.17) is 9.47 Å². The number of esters is 2. The van der Waals surface area contributed by atoms with Crippen molar-refractivity contribution >= 4 is 11.9 Å². The molecule has 3 unspecified atom stereocenters. The molecule has 0 aromatic carbocycles. The van der Waals surface area contributed by atoms with E-state index >= 15 is 0 Å². The van der Waals surface area contributed by atoms with Crippen LogP contribution in [0.3, 0.4) is 0 Å². The van der Waals surface area contributed by atoms with Crippen LogP contribution in [-0.4, -0.2) is 34.9 Å². The predicted molar refractivity (Wildman–Crippen MR) is 132 cm³/mol. The van der Waals surface area contributed by atoms with Gasteiger partial charge in [0.05, 0.1) is 5.60 Å². The Labute approximate surface area is 205 Å². The number of aliphatic hydroxyl groups is 1. The molecule has 190 valence electrons. The monoisotopic (exact) mass is 472 g/mol. The van der Waals surface area contributed by atoms with Crippen LogP contribution in [0, 0.1) is 22.7 Å². The molecule has 0 radical (unpaired) electrons. The fraction of sp³-hybridized carbons (Fsp3) is 0.793. The molecule has 1 N–H and O–H groups in total. The van der Waals surface area contributed by atoms with Crippen LogP contribution in [0.15, 0.2) is 23.3 Å². The van der Waals surface area contributed by atoms with E-state index in [2.05, 4.69) is 19.1 Å². The molecule has 0 heterocycles. The first kappa shape index (κ1) is 25.5. The van der Waals surface area contributed by atoms with Gasteiger partial charge in [-0.25, -0.2) is 0 Å². The molecule has 5 nitrogen and oxygen atoms in total. The summed E-state index contributed by atoms with van der Waals surface area (Å²) in [5.41, 5.74) is 2.80. The number of fused-ring (bicyclic) bond motifs is 1. The van der Waals surface area contributed by atoms with Crippen molar-refractivity contribution in [3.63, 3.8) is 0 Å². The lowest BCUT2D eigenvalue weighted by atomic mass is 9.59. The number of allylic oxidation sites excluding steroid dienone is 3. The molecule has 0 spiro atoms. The second-order valence-corrected chi connectivity index (χ2v) is 12.6. The van der Waals surface area contributed by atoms with Crippen LogP contribution >= 0.6 is 0 Å². The third-order valence-electron chi connectivity index (χ3n) is 9.08. The highest BCUT2D eigenvalue weighted by atomic mass is 16.6. The van der Waals surface area contributed by atoms with Crippen molar-refractivity contribution in [3.8, 4) is 0 Å². The summed E-state index contributed by atoms with van der Waals surface area (Å²) in [7, 11) is 0. The van der Waals surface area contributed by atoms with Crippen LogP contribution in [0.1, 0.15) is 105 Å². The zero-order valence-corrected chi connectivity index (χ0v) is 21.8. The molecule has 0 saturated heterocycles. The first-order chi connectivity index (χ1) is 15.9. The minimum atomic E-state index is -0.597. The molecule has 4 fully saturated rings. The second kappa shape index (κ2) is 9.44. The zero-order chi connectivity index (χ0) is 24.7. The van der Waals surface area contributed by atoms with Crippen LogP contribution in [0.2, 0.25) is 0 Å². The van der Waals surface area contributed by atoms with E-state index in [9.17, 15) is 14.7 Å². The lowest BCUT2D eigenvalue weighted by Gasteiger charge is -2.46. The molecule has 4 rings (SSSR count). The van der Waals surface area contributed by atoms with Gasteiger partial charge in [0.15, 0.2) is 0 Å². The summed E-state index contributed by atoms with van der Waals surface area (Å²) in [6.45, 7) is 9.33. The van der Waals surface area contributed by atoms with Crippen LogP contribution in [0.25, 0.3) is 0 Å². The Bertz CT molecular complexity index is 832. The van der Waals surface area contributed by atoms with Crippen LogP contribution in [0.4, 0.5) is 0 Å². The molecular weight excluding hydrogens is 428 g/mol. The van der Waals surface area contributed by atoms with Crippen molar-refractivity contribution in [1.29, 1.82) is 0 Å². The molecule has 4 aliphatic rings. The van der Waals surface area contributed by atoms with Gasteiger partial charge in [-0.2, -0.15) is 0 Å². The Morgan fingerprint density at radius 3 is 2.18 bits per heavy atom. The van der Waals surface area contributed by atoms with Gasteiger partial charge in [-0.05, 0) is 87.9 Å². The predicted octanol–water partition coefficient (Wildman–Crippen LogP) is 6.04. The van der Waals surface area contributed by atoms with Crippen LogP contribution in [-0.2, 0) is 19.1 Å². The van der Waals surface area contributed by atoms with Gasteiger partial charge < -0.3 is 14.6 Å². The lowest BCUT2D eigenvalue weighted by Crippen LogP contribution is -2.39. The molecule has 0 aromatic heterocycles. The molecule has 0 aliphatic heterocycles. The fourth-order valence-corrected chi connectivity index (χ4v) is 8.05. The molecule has 0 amide bonds. The molecule has 4 saturated carbocycles. The normalized spacial score (nSPS) is 37.4. The van der Waals surface area contributed by atoms with Crippen molar-refractivity contribution in [2.45, 2.75) is 123 Å². The Morgan fingerprint density at radius 2 is 1.65 bits per heavy atom. The van der Waals surface area contributed by atoms with Crippen LogP contribution < -0.4 is 0 Å². The quantitative estimate of drug-likeness (QED) is 0.477. The highest BCUT2D eigenvalue weighted by Gasteiger charge is 2.61. The second-order valence-electron chi connectivity index (χ2n) is 12.6.